The number of hydrogen-bond acceptors (Lipinski definition) is 4. The van der Waals surface area contributed by atoms with Gasteiger partial charge in [-0.25, -0.2) is 0 Å². The Morgan fingerprint density at radius 3 is 2.64 bits per heavy atom. The van der Waals surface area contributed by atoms with Crippen molar-refractivity contribution in [3.05, 3.63) is 40.3 Å². The largest absolute Gasteiger partial charge is 0.338 e. The quantitative estimate of drug-likeness (QED) is 0.777. The summed E-state index contributed by atoms with van der Waals surface area (Å²) in [5, 5.41) is -0.374. The second-order valence-corrected chi connectivity index (χ2v) is 7.60. The van der Waals surface area contributed by atoms with Crippen LogP contribution in [0.5, 0.6) is 0 Å². The van der Waals surface area contributed by atoms with Gasteiger partial charge in [0.25, 0.3) is 11.1 Å². The number of amides is 3. The van der Waals surface area contributed by atoms with Crippen LogP contribution in [0.15, 0.2) is 29.2 Å². The van der Waals surface area contributed by atoms with Gasteiger partial charge >= 0.3 is 0 Å². The summed E-state index contributed by atoms with van der Waals surface area (Å²) in [7, 11) is 0. The number of thioether (sulfide) groups is 1. The van der Waals surface area contributed by atoms with Gasteiger partial charge in [-0.1, -0.05) is 29.8 Å². The lowest BCUT2D eigenvalue weighted by atomic mass is 10.0. The van der Waals surface area contributed by atoms with Crippen LogP contribution in [-0.4, -0.2) is 46.0 Å². The summed E-state index contributed by atoms with van der Waals surface area (Å²) >= 11 is 0.898. The van der Waals surface area contributed by atoms with Crippen LogP contribution in [0.1, 0.15) is 37.3 Å². The molecule has 3 amide bonds. The standard InChI is InChI=1S/C19H22N2O3S/c1-13-6-8-15(9-7-13)11-16-18(23)21(19(24)25-16)12-17(22)20-10-4-3-5-14(20)2/h6-9,11,14H,3-5,10,12H2,1-2H3/b16-11-/t14-/m0/s1. The van der Waals surface area contributed by atoms with Crippen molar-refractivity contribution >= 4 is 34.9 Å². The Labute approximate surface area is 152 Å². The highest BCUT2D eigenvalue weighted by atomic mass is 32.2. The van der Waals surface area contributed by atoms with E-state index in [4.69, 9.17) is 0 Å². The molecule has 0 N–H and O–H groups in total. The van der Waals surface area contributed by atoms with E-state index in [0.717, 1.165) is 47.1 Å². The van der Waals surface area contributed by atoms with Gasteiger partial charge in [-0.2, -0.15) is 0 Å². The monoisotopic (exact) mass is 358 g/mol. The Morgan fingerprint density at radius 1 is 1.24 bits per heavy atom. The molecule has 6 heteroatoms. The maximum Gasteiger partial charge on any atom is 0.294 e. The number of likely N-dealkylation sites (tertiary alicyclic amines) is 1. The van der Waals surface area contributed by atoms with E-state index >= 15 is 0 Å². The molecule has 2 aliphatic rings. The lowest BCUT2D eigenvalue weighted by Gasteiger charge is -2.34. The predicted molar refractivity (Wildman–Crippen MR) is 98.9 cm³/mol. The molecule has 1 atom stereocenters. The van der Waals surface area contributed by atoms with Crippen LogP contribution in [0.25, 0.3) is 6.08 Å². The second-order valence-electron chi connectivity index (χ2n) is 6.61. The number of piperidine rings is 1. The van der Waals surface area contributed by atoms with E-state index in [2.05, 4.69) is 0 Å². The summed E-state index contributed by atoms with van der Waals surface area (Å²) < 4.78 is 0. The van der Waals surface area contributed by atoms with Gasteiger partial charge in [0.2, 0.25) is 5.91 Å². The van der Waals surface area contributed by atoms with E-state index in [1.165, 1.54) is 0 Å². The zero-order valence-corrected chi connectivity index (χ0v) is 15.3. The molecule has 1 aromatic carbocycles. The predicted octanol–water partition coefficient (Wildman–Crippen LogP) is 3.43. The molecule has 0 bridgehead atoms. The first-order valence-corrected chi connectivity index (χ1v) is 9.39. The SMILES string of the molecule is Cc1ccc(/C=C2\SC(=O)N(CC(=O)N3CCCC[C@@H]3C)C2=O)cc1. The molecule has 2 heterocycles. The molecule has 0 radical (unpaired) electrons. The highest BCUT2D eigenvalue weighted by Gasteiger charge is 2.37. The van der Waals surface area contributed by atoms with Gasteiger partial charge in [0, 0.05) is 12.6 Å². The van der Waals surface area contributed by atoms with Crippen LogP contribution in [-0.2, 0) is 9.59 Å². The minimum Gasteiger partial charge on any atom is -0.338 e. The molecule has 1 aromatic rings. The van der Waals surface area contributed by atoms with E-state index in [-0.39, 0.29) is 29.6 Å². The number of carbonyl (C=O) groups is 3. The van der Waals surface area contributed by atoms with Gasteiger partial charge in [0.05, 0.1) is 4.91 Å². The summed E-state index contributed by atoms with van der Waals surface area (Å²) in [6, 6.07) is 7.90. The lowest BCUT2D eigenvalue weighted by Crippen LogP contribution is -2.47. The summed E-state index contributed by atoms with van der Waals surface area (Å²) in [4.78, 5) is 40.5. The van der Waals surface area contributed by atoms with Crippen LogP contribution >= 0.6 is 11.8 Å². The molecule has 3 rings (SSSR count). The summed E-state index contributed by atoms with van der Waals surface area (Å²) in [5.74, 6) is -0.528. The molecule has 2 aliphatic heterocycles. The molecule has 5 nitrogen and oxygen atoms in total. The number of imide groups is 1. The van der Waals surface area contributed by atoms with Crippen LogP contribution < -0.4 is 0 Å². The molecule has 25 heavy (non-hydrogen) atoms. The number of aryl methyl sites for hydroxylation is 1. The smallest absolute Gasteiger partial charge is 0.294 e. The first kappa shape index (κ1) is 17.7. The molecular weight excluding hydrogens is 336 g/mol. The van der Waals surface area contributed by atoms with E-state index in [9.17, 15) is 14.4 Å². The Morgan fingerprint density at radius 2 is 1.96 bits per heavy atom. The molecule has 0 saturated carbocycles. The normalized spacial score (nSPS) is 22.8. The fourth-order valence-electron chi connectivity index (χ4n) is 3.15. The highest BCUT2D eigenvalue weighted by molar-refractivity contribution is 8.18. The minimum absolute atomic E-state index is 0.147. The Bertz CT molecular complexity index is 727. The van der Waals surface area contributed by atoms with Gasteiger partial charge in [0.1, 0.15) is 6.54 Å². The minimum atomic E-state index is -0.381. The van der Waals surface area contributed by atoms with Gasteiger partial charge < -0.3 is 4.90 Å². The van der Waals surface area contributed by atoms with E-state index < -0.39 is 0 Å². The van der Waals surface area contributed by atoms with Crippen molar-refractivity contribution in [2.24, 2.45) is 0 Å². The third-order valence-electron chi connectivity index (χ3n) is 4.67. The fourth-order valence-corrected chi connectivity index (χ4v) is 3.98. The summed E-state index contributed by atoms with van der Waals surface area (Å²) in [5.41, 5.74) is 2.00. The van der Waals surface area contributed by atoms with Gasteiger partial charge in [-0.3, -0.25) is 19.3 Å². The van der Waals surface area contributed by atoms with Gasteiger partial charge in [-0.15, -0.1) is 0 Å². The van der Waals surface area contributed by atoms with Crippen molar-refractivity contribution in [3.63, 3.8) is 0 Å². The summed E-state index contributed by atoms with van der Waals surface area (Å²) in [6.07, 6.45) is 4.77. The average Bonchev–Trinajstić information content (AvgIpc) is 2.85. The molecule has 0 aliphatic carbocycles. The summed E-state index contributed by atoms with van der Waals surface area (Å²) in [6.45, 7) is 4.54. The number of carbonyl (C=O) groups excluding carboxylic acids is 3. The maximum atomic E-state index is 12.5. The van der Waals surface area contributed by atoms with E-state index in [1.807, 2.05) is 38.1 Å². The third-order valence-corrected chi connectivity index (χ3v) is 5.57. The zero-order chi connectivity index (χ0) is 18.0. The van der Waals surface area contributed by atoms with Gasteiger partial charge in [-0.05, 0) is 56.5 Å². The van der Waals surface area contributed by atoms with Crippen molar-refractivity contribution in [2.45, 2.75) is 39.2 Å². The first-order chi connectivity index (χ1) is 12.0. The maximum absolute atomic E-state index is 12.5. The van der Waals surface area contributed by atoms with Crippen molar-refractivity contribution in [2.75, 3.05) is 13.1 Å². The molecule has 0 spiro atoms. The molecule has 0 unspecified atom stereocenters. The second kappa shape index (κ2) is 7.44. The third kappa shape index (κ3) is 3.95. The van der Waals surface area contributed by atoms with Crippen LogP contribution in [0, 0.1) is 6.92 Å². The van der Waals surface area contributed by atoms with Gasteiger partial charge in [0.15, 0.2) is 0 Å². The van der Waals surface area contributed by atoms with Crippen molar-refractivity contribution in [3.8, 4) is 0 Å². The molecule has 132 valence electrons. The molecule has 2 fully saturated rings. The average molecular weight is 358 g/mol. The van der Waals surface area contributed by atoms with Crippen LogP contribution in [0.2, 0.25) is 0 Å². The van der Waals surface area contributed by atoms with Crippen molar-refractivity contribution in [1.29, 1.82) is 0 Å². The fraction of sp³-hybridized carbons (Fsp3) is 0.421. The molecular formula is C19H22N2O3S. The van der Waals surface area contributed by atoms with E-state index in [0.29, 0.717) is 11.4 Å². The van der Waals surface area contributed by atoms with Crippen molar-refractivity contribution < 1.29 is 14.4 Å². The topological polar surface area (TPSA) is 57.7 Å². The van der Waals surface area contributed by atoms with Crippen LogP contribution in [0.4, 0.5) is 4.79 Å². The number of nitrogens with zero attached hydrogens (tertiary/aromatic N) is 2. The Kier molecular flexibility index (Phi) is 5.27. The number of rotatable bonds is 3. The highest BCUT2D eigenvalue weighted by Crippen LogP contribution is 2.32. The Hall–Kier alpha value is -2.08. The zero-order valence-electron chi connectivity index (χ0n) is 14.5. The first-order valence-electron chi connectivity index (χ1n) is 8.57. The van der Waals surface area contributed by atoms with Crippen LogP contribution in [0.3, 0.4) is 0 Å². The number of benzene rings is 1. The lowest BCUT2D eigenvalue weighted by molar-refractivity contribution is -0.138. The Balaban J connectivity index is 1.70. The molecule has 2 saturated heterocycles. The number of hydrogen-bond donors (Lipinski definition) is 0. The molecule has 0 aromatic heterocycles. The van der Waals surface area contributed by atoms with Crippen molar-refractivity contribution in [1.82, 2.24) is 9.80 Å². The van der Waals surface area contributed by atoms with E-state index in [1.54, 1.807) is 11.0 Å².